The molecule has 3 nitrogen and oxygen atoms in total. The van der Waals surface area contributed by atoms with Crippen molar-refractivity contribution < 1.29 is 9.84 Å². The van der Waals surface area contributed by atoms with Gasteiger partial charge < -0.3 is 9.84 Å². The van der Waals surface area contributed by atoms with Gasteiger partial charge in [0.15, 0.2) is 0 Å². The summed E-state index contributed by atoms with van der Waals surface area (Å²) in [7, 11) is 0. The first-order chi connectivity index (χ1) is 9.31. The van der Waals surface area contributed by atoms with Gasteiger partial charge in [0.25, 0.3) is 0 Å². The normalized spacial score (nSPS) is 24.4. The zero-order chi connectivity index (χ0) is 13.1. The molecule has 3 heteroatoms. The first-order valence-corrected chi connectivity index (χ1v) is 7.42. The summed E-state index contributed by atoms with van der Waals surface area (Å²) in [5, 5.41) is 9.74. The smallest absolute Gasteiger partial charge is 0.123 e. The highest BCUT2D eigenvalue weighted by Crippen LogP contribution is 2.30. The van der Waals surface area contributed by atoms with Crippen molar-refractivity contribution in [2.45, 2.75) is 38.3 Å². The summed E-state index contributed by atoms with van der Waals surface area (Å²) in [4.78, 5) is 2.33. The summed E-state index contributed by atoms with van der Waals surface area (Å²) in [6.45, 7) is 3.61. The van der Waals surface area contributed by atoms with Crippen LogP contribution < -0.4 is 4.74 Å². The van der Waals surface area contributed by atoms with E-state index in [1.165, 1.54) is 18.4 Å². The molecule has 1 aliphatic carbocycles. The van der Waals surface area contributed by atoms with Crippen molar-refractivity contribution in [2.75, 3.05) is 19.7 Å². The van der Waals surface area contributed by atoms with Crippen LogP contribution in [0.15, 0.2) is 24.3 Å². The molecule has 2 aliphatic rings. The molecule has 3 rings (SSSR count). The number of likely N-dealkylation sites (tertiary alicyclic amines) is 1. The van der Waals surface area contributed by atoms with Crippen LogP contribution in [0.2, 0.25) is 0 Å². The monoisotopic (exact) mass is 261 g/mol. The predicted molar refractivity (Wildman–Crippen MR) is 75.2 cm³/mol. The molecule has 1 N–H and O–H groups in total. The third kappa shape index (κ3) is 3.71. The fourth-order valence-electron chi connectivity index (χ4n) is 2.68. The van der Waals surface area contributed by atoms with E-state index >= 15 is 0 Å². The van der Waals surface area contributed by atoms with Crippen molar-refractivity contribution in [3.05, 3.63) is 29.8 Å². The van der Waals surface area contributed by atoms with Crippen LogP contribution in [0.1, 0.15) is 31.2 Å². The average Bonchev–Trinajstić information content (AvgIpc) is 3.22. The Balaban J connectivity index is 1.61. The van der Waals surface area contributed by atoms with Crippen molar-refractivity contribution in [3.8, 4) is 5.75 Å². The minimum atomic E-state index is -0.159. The number of benzene rings is 1. The quantitative estimate of drug-likeness (QED) is 0.883. The van der Waals surface area contributed by atoms with Gasteiger partial charge in [-0.2, -0.15) is 0 Å². The summed E-state index contributed by atoms with van der Waals surface area (Å²) >= 11 is 0. The molecule has 0 bridgehead atoms. The van der Waals surface area contributed by atoms with Gasteiger partial charge in [-0.05, 0) is 44.2 Å². The van der Waals surface area contributed by atoms with Crippen molar-refractivity contribution in [1.29, 1.82) is 0 Å². The number of para-hydroxylation sites is 1. The Hall–Kier alpha value is -1.06. The lowest BCUT2D eigenvalue weighted by Crippen LogP contribution is -2.37. The maximum atomic E-state index is 9.74. The molecule has 0 aromatic heterocycles. The van der Waals surface area contributed by atoms with E-state index in [1.807, 2.05) is 6.07 Å². The van der Waals surface area contributed by atoms with Gasteiger partial charge in [0.2, 0.25) is 0 Å². The molecule has 1 saturated carbocycles. The van der Waals surface area contributed by atoms with Crippen LogP contribution >= 0.6 is 0 Å². The number of hydrogen-bond donors (Lipinski definition) is 1. The van der Waals surface area contributed by atoms with Crippen LogP contribution in [0.25, 0.3) is 0 Å². The van der Waals surface area contributed by atoms with Crippen molar-refractivity contribution in [3.63, 3.8) is 0 Å². The number of aliphatic hydroxyl groups excluding tert-OH is 1. The van der Waals surface area contributed by atoms with Gasteiger partial charge in [-0.25, -0.2) is 0 Å². The Labute approximate surface area is 115 Å². The maximum Gasteiger partial charge on any atom is 0.123 e. The van der Waals surface area contributed by atoms with Gasteiger partial charge in [-0.15, -0.1) is 0 Å². The second-order valence-corrected chi connectivity index (χ2v) is 5.89. The van der Waals surface area contributed by atoms with E-state index in [0.717, 1.165) is 50.8 Å². The van der Waals surface area contributed by atoms with Gasteiger partial charge in [-0.1, -0.05) is 18.2 Å². The van der Waals surface area contributed by atoms with Crippen LogP contribution in [0, 0.1) is 5.92 Å². The molecule has 0 spiro atoms. The average molecular weight is 261 g/mol. The molecule has 19 heavy (non-hydrogen) atoms. The van der Waals surface area contributed by atoms with E-state index in [1.54, 1.807) is 0 Å². The largest absolute Gasteiger partial charge is 0.493 e. The van der Waals surface area contributed by atoms with Gasteiger partial charge in [0, 0.05) is 18.7 Å². The van der Waals surface area contributed by atoms with Gasteiger partial charge in [0.1, 0.15) is 5.75 Å². The van der Waals surface area contributed by atoms with Gasteiger partial charge >= 0.3 is 0 Å². The fourth-order valence-corrected chi connectivity index (χ4v) is 2.68. The van der Waals surface area contributed by atoms with Crippen molar-refractivity contribution >= 4 is 0 Å². The lowest BCUT2D eigenvalue weighted by Gasteiger charge is -2.30. The topological polar surface area (TPSA) is 32.7 Å². The molecule has 1 atom stereocenters. The number of β-amino-alcohol motifs (C(OH)–C–C–N with tert-alkyl or cyclic N) is 1. The fraction of sp³-hybridized carbons (Fsp3) is 0.625. The molecular formula is C16H23NO2. The number of piperidine rings is 1. The van der Waals surface area contributed by atoms with Crippen LogP contribution in [-0.4, -0.2) is 35.8 Å². The Morgan fingerprint density at radius 2 is 2.05 bits per heavy atom. The zero-order valence-electron chi connectivity index (χ0n) is 11.4. The van der Waals surface area contributed by atoms with Crippen LogP contribution in [0.5, 0.6) is 5.75 Å². The van der Waals surface area contributed by atoms with Crippen molar-refractivity contribution in [2.24, 2.45) is 5.92 Å². The van der Waals surface area contributed by atoms with Crippen LogP contribution in [0.3, 0.4) is 0 Å². The highest BCUT2D eigenvalue weighted by molar-refractivity contribution is 5.33. The molecule has 1 aromatic rings. The Bertz CT molecular complexity index is 417. The lowest BCUT2D eigenvalue weighted by atomic mass is 10.1. The van der Waals surface area contributed by atoms with E-state index < -0.39 is 0 Å². The third-order valence-electron chi connectivity index (χ3n) is 4.02. The van der Waals surface area contributed by atoms with E-state index in [0.29, 0.717) is 0 Å². The number of aliphatic hydroxyl groups is 1. The van der Waals surface area contributed by atoms with Crippen LogP contribution in [-0.2, 0) is 6.54 Å². The number of rotatable bonds is 5. The highest BCUT2D eigenvalue weighted by Gasteiger charge is 2.23. The molecule has 1 saturated heterocycles. The standard InChI is InChI=1S/C16H23NO2/c18-15-5-3-9-17(11-15)10-14-4-1-2-6-16(14)19-12-13-7-8-13/h1-2,4,6,13,15,18H,3,5,7-12H2. The number of nitrogens with zero attached hydrogens (tertiary/aromatic N) is 1. The molecule has 0 radical (unpaired) electrons. The lowest BCUT2D eigenvalue weighted by molar-refractivity contribution is 0.0663. The minimum absolute atomic E-state index is 0.159. The Kier molecular flexibility index (Phi) is 4.04. The second-order valence-electron chi connectivity index (χ2n) is 5.89. The summed E-state index contributed by atoms with van der Waals surface area (Å²) in [6, 6.07) is 8.32. The SMILES string of the molecule is OC1CCCN(Cc2ccccc2OCC2CC2)C1. The number of hydrogen-bond acceptors (Lipinski definition) is 3. The molecule has 0 amide bonds. The van der Waals surface area contributed by atoms with Crippen LogP contribution in [0.4, 0.5) is 0 Å². The number of ether oxygens (including phenoxy) is 1. The van der Waals surface area contributed by atoms with Gasteiger partial charge in [-0.3, -0.25) is 4.90 Å². The third-order valence-corrected chi connectivity index (χ3v) is 4.02. The first kappa shape index (κ1) is 12.9. The summed E-state index contributed by atoms with van der Waals surface area (Å²) in [6.07, 6.45) is 4.51. The molecule has 1 aromatic carbocycles. The highest BCUT2D eigenvalue weighted by atomic mass is 16.5. The Morgan fingerprint density at radius 1 is 1.21 bits per heavy atom. The molecule has 2 fully saturated rings. The predicted octanol–water partition coefficient (Wildman–Crippen LogP) is 2.43. The summed E-state index contributed by atoms with van der Waals surface area (Å²) < 4.78 is 5.94. The molecule has 1 unspecified atom stereocenters. The molecule has 104 valence electrons. The minimum Gasteiger partial charge on any atom is -0.493 e. The summed E-state index contributed by atoms with van der Waals surface area (Å²) in [5.74, 6) is 1.80. The van der Waals surface area contributed by atoms with E-state index in [-0.39, 0.29) is 6.10 Å². The molecular weight excluding hydrogens is 238 g/mol. The maximum absolute atomic E-state index is 9.74. The van der Waals surface area contributed by atoms with E-state index in [4.69, 9.17) is 4.74 Å². The van der Waals surface area contributed by atoms with Gasteiger partial charge in [0.05, 0.1) is 12.7 Å². The zero-order valence-corrected chi connectivity index (χ0v) is 11.4. The first-order valence-electron chi connectivity index (χ1n) is 7.42. The van der Waals surface area contributed by atoms with E-state index in [2.05, 4.69) is 23.1 Å². The Morgan fingerprint density at radius 3 is 2.84 bits per heavy atom. The molecule has 1 aliphatic heterocycles. The summed E-state index contributed by atoms with van der Waals surface area (Å²) in [5.41, 5.74) is 1.25. The molecule has 1 heterocycles. The second kappa shape index (κ2) is 5.93. The van der Waals surface area contributed by atoms with Crippen molar-refractivity contribution in [1.82, 2.24) is 4.90 Å². The van der Waals surface area contributed by atoms with E-state index in [9.17, 15) is 5.11 Å².